The molecular formula is C14H28N2O2. The first-order chi connectivity index (χ1) is 8.46. The van der Waals surface area contributed by atoms with Crippen molar-refractivity contribution in [3.05, 3.63) is 0 Å². The van der Waals surface area contributed by atoms with Crippen molar-refractivity contribution in [1.29, 1.82) is 0 Å². The van der Waals surface area contributed by atoms with Crippen LogP contribution in [0.5, 0.6) is 0 Å². The molecule has 4 nitrogen and oxygen atoms in total. The van der Waals surface area contributed by atoms with E-state index in [9.17, 15) is 9.90 Å². The zero-order valence-corrected chi connectivity index (χ0v) is 11.8. The Morgan fingerprint density at radius 3 is 2.33 bits per heavy atom. The highest BCUT2D eigenvalue weighted by molar-refractivity contribution is 5.83. The molecule has 1 fully saturated rings. The van der Waals surface area contributed by atoms with E-state index >= 15 is 0 Å². The summed E-state index contributed by atoms with van der Waals surface area (Å²) in [5.74, 6) is 0.0284. The second kappa shape index (κ2) is 6.53. The molecule has 0 aliphatic heterocycles. The fourth-order valence-electron chi connectivity index (χ4n) is 2.51. The summed E-state index contributed by atoms with van der Waals surface area (Å²) in [5, 5.41) is 12.8. The van der Waals surface area contributed by atoms with Gasteiger partial charge in [-0.2, -0.15) is 0 Å². The summed E-state index contributed by atoms with van der Waals surface area (Å²) < 4.78 is 0. The van der Waals surface area contributed by atoms with Gasteiger partial charge in [-0.15, -0.1) is 0 Å². The topological polar surface area (TPSA) is 75.3 Å². The van der Waals surface area contributed by atoms with Gasteiger partial charge in [0, 0.05) is 13.1 Å². The van der Waals surface area contributed by atoms with Crippen molar-refractivity contribution in [2.75, 3.05) is 13.1 Å². The first kappa shape index (κ1) is 15.4. The van der Waals surface area contributed by atoms with Crippen LogP contribution in [0, 0.1) is 5.41 Å². The minimum absolute atomic E-state index is 0.0284. The quantitative estimate of drug-likeness (QED) is 0.653. The molecule has 0 saturated heterocycles. The number of amides is 1. The molecule has 0 aromatic carbocycles. The van der Waals surface area contributed by atoms with E-state index in [4.69, 9.17) is 5.73 Å². The van der Waals surface area contributed by atoms with Crippen LogP contribution in [-0.4, -0.2) is 29.7 Å². The summed E-state index contributed by atoms with van der Waals surface area (Å²) in [6.45, 7) is 4.38. The third-order valence-electron chi connectivity index (χ3n) is 4.32. The Kier molecular flexibility index (Phi) is 5.60. The highest BCUT2D eigenvalue weighted by Gasteiger charge is 2.37. The fraction of sp³-hybridized carbons (Fsp3) is 0.929. The summed E-state index contributed by atoms with van der Waals surface area (Å²) in [6.07, 6.45) is 6.93. The van der Waals surface area contributed by atoms with Gasteiger partial charge in [0.1, 0.15) is 0 Å². The normalized spacial score (nSPS) is 22.9. The van der Waals surface area contributed by atoms with Crippen LogP contribution in [-0.2, 0) is 4.79 Å². The van der Waals surface area contributed by atoms with E-state index in [1.165, 1.54) is 12.8 Å². The molecule has 1 unspecified atom stereocenters. The Hall–Kier alpha value is -0.610. The molecular weight excluding hydrogens is 228 g/mol. The minimum Gasteiger partial charge on any atom is -0.388 e. The van der Waals surface area contributed by atoms with Crippen LogP contribution in [0.15, 0.2) is 0 Å². The molecule has 0 aromatic rings. The van der Waals surface area contributed by atoms with Gasteiger partial charge in [0.15, 0.2) is 0 Å². The maximum Gasteiger partial charge on any atom is 0.227 e. The van der Waals surface area contributed by atoms with Crippen molar-refractivity contribution in [1.82, 2.24) is 5.32 Å². The second-order valence-corrected chi connectivity index (χ2v) is 5.93. The van der Waals surface area contributed by atoms with Crippen LogP contribution >= 0.6 is 0 Å². The number of nitrogens with two attached hydrogens (primary N) is 1. The molecule has 0 radical (unpaired) electrons. The van der Waals surface area contributed by atoms with Crippen LogP contribution in [0.1, 0.15) is 58.8 Å². The van der Waals surface area contributed by atoms with Gasteiger partial charge in [0.2, 0.25) is 5.91 Å². The van der Waals surface area contributed by atoms with Gasteiger partial charge in [-0.25, -0.2) is 0 Å². The number of hydrogen-bond donors (Lipinski definition) is 3. The molecule has 1 aliphatic carbocycles. The van der Waals surface area contributed by atoms with Gasteiger partial charge in [0.25, 0.3) is 0 Å². The lowest BCUT2D eigenvalue weighted by atomic mass is 9.79. The Morgan fingerprint density at radius 1 is 1.33 bits per heavy atom. The van der Waals surface area contributed by atoms with Gasteiger partial charge in [-0.1, -0.05) is 32.6 Å². The van der Waals surface area contributed by atoms with Crippen LogP contribution in [0.3, 0.4) is 0 Å². The highest BCUT2D eigenvalue weighted by Crippen LogP contribution is 2.34. The van der Waals surface area contributed by atoms with Crippen LogP contribution in [0.2, 0.25) is 0 Å². The zero-order valence-electron chi connectivity index (χ0n) is 11.8. The van der Waals surface area contributed by atoms with Crippen LogP contribution < -0.4 is 11.1 Å². The van der Waals surface area contributed by atoms with E-state index in [0.29, 0.717) is 19.5 Å². The molecule has 18 heavy (non-hydrogen) atoms. The molecule has 1 atom stereocenters. The van der Waals surface area contributed by atoms with E-state index in [0.717, 1.165) is 25.7 Å². The maximum absolute atomic E-state index is 12.4. The number of carbonyl (C=O) groups is 1. The lowest BCUT2D eigenvalue weighted by molar-refractivity contribution is -0.132. The fourth-order valence-corrected chi connectivity index (χ4v) is 2.51. The first-order valence-electron chi connectivity index (χ1n) is 7.16. The van der Waals surface area contributed by atoms with E-state index in [1.807, 2.05) is 6.92 Å². The predicted octanol–water partition coefficient (Wildman–Crippen LogP) is 1.56. The van der Waals surface area contributed by atoms with Crippen molar-refractivity contribution >= 4 is 5.91 Å². The summed E-state index contributed by atoms with van der Waals surface area (Å²) in [6, 6.07) is 0. The molecule has 4 heteroatoms. The molecule has 4 N–H and O–H groups in total. The average Bonchev–Trinajstić information content (AvgIpc) is 2.62. The summed E-state index contributed by atoms with van der Waals surface area (Å²) in [7, 11) is 0. The third kappa shape index (κ3) is 3.95. The predicted molar refractivity (Wildman–Crippen MR) is 73.1 cm³/mol. The van der Waals surface area contributed by atoms with Gasteiger partial charge >= 0.3 is 0 Å². The molecule has 1 amide bonds. The van der Waals surface area contributed by atoms with Crippen LogP contribution in [0.4, 0.5) is 0 Å². The SMILES string of the molecule is CCC(C)(O)CNC(=O)C1(CN)CCCCCC1. The number of aliphatic hydroxyl groups is 1. The van der Waals surface area contributed by atoms with E-state index < -0.39 is 11.0 Å². The van der Waals surface area contributed by atoms with Crippen molar-refractivity contribution in [3.63, 3.8) is 0 Å². The highest BCUT2D eigenvalue weighted by atomic mass is 16.3. The van der Waals surface area contributed by atoms with E-state index in [-0.39, 0.29) is 5.91 Å². The Balaban J connectivity index is 2.61. The molecule has 0 heterocycles. The number of carbonyl (C=O) groups excluding carboxylic acids is 1. The van der Waals surface area contributed by atoms with Gasteiger partial charge in [0.05, 0.1) is 11.0 Å². The maximum atomic E-state index is 12.4. The van der Waals surface area contributed by atoms with Crippen molar-refractivity contribution in [3.8, 4) is 0 Å². The number of hydrogen-bond acceptors (Lipinski definition) is 3. The minimum atomic E-state index is -0.823. The van der Waals surface area contributed by atoms with Gasteiger partial charge < -0.3 is 16.2 Å². The number of nitrogens with one attached hydrogen (secondary N) is 1. The monoisotopic (exact) mass is 256 g/mol. The third-order valence-corrected chi connectivity index (χ3v) is 4.32. The van der Waals surface area contributed by atoms with E-state index in [2.05, 4.69) is 5.32 Å². The standard InChI is InChI=1S/C14H28N2O2/c1-3-13(2,18)11-16-12(17)14(10-15)8-6-4-5-7-9-14/h18H,3-11,15H2,1-2H3,(H,16,17). The summed E-state index contributed by atoms with van der Waals surface area (Å²) >= 11 is 0. The smallest absolute Gasteiger partial charge is 0.227 e. The molecule has 106 valence electrons. The molecule has 1 saturated carbocycles. The van der Waals surface area contributed by atoms with Gasteiger partial charge in [-0.3, -0.25) is 4.79 Å². The lowest BCUT2D eigenvalue weighted by Gasteiger charge is -2.31. The van der Waals surface area contributed by atoms with E-state index in [1.54, 1.807) is 6.92 Å². The Labute approximate surface area is 110 Å². The number of rotatable bonds is 5. The first-order valence-corrected chi connectivity index (χ1v) is 7.16. The largest absolute Gasteiger partial charge is 0.388 e. The molecule has 1 rings (SSSR count). The Bertz CT molecular complexity index is 269. The lowest BCUT2D eigenvalue weighted by Crippen LogP contribution is -2.49. The van der Waals surface area contributed by atoms with Crippen molar-refractivity contribution in [2.45, 2.75) is 64.4 Å². The summed E-state index contributed by atoms with van der Waals surface area (Å²) in [4.78, 5) is 12.4. The molecule has 0 spiro atoms. The van der Waals surface area contributed by atoms with Crippen LogP contribution in [0.25, 0.3) is 0 Å². The summed E-state index contributed by atoms with van der Waals surface area (Å²) in [5.41, 5.74) is 4.63. The molecule has 0 bridgehead atoms. The van der Waals surface area contributed by atoms with Crippen molar-refractivity contribution < 1.29 is 9.90 Å². The average molecular weight is 256 g/mol. The van der Waals surface area contributed by atoms with Gasteiger partial charge in [-0.05, 0) is 26.2 Å². The molecule has 1 aliphatic rings. The van der Waals surface area contributed by atoms with Crippen molar-refractivity contribution in [2.24, 2.45) is 11.1 Å². The Morgan fingerprint density at radius 2 is 1.89 bits per heavy atom. The second-order valence-electron chi connectivity index (χ2n) is 5.93. The zero-order chi connectivity index (χ0) is 13.6. The molecule has 0 aromatic heterocycles.